The van der Waals surface area contributed by atoms with Gasteiger partial charge in [-0.2, -0.15) is 0 Å². The number of anilines is 2. The van der Waals surface area contributed by atoms with E-state index < -0.39 is 6.10 Å². The Balaban J connectivity index is 2.54. The van der Waals surface area contributed by atoms with E-state index in [1.54, 1.807) is 23.2 Å². The third-order valence-corrected chi connectivity index (χ3v) is 3.93. The number of benzene rings is 1. The quantitative estimate of drug-likeness (QED) is 0.807. The maximum Gasteiger partial charge on any atom is 0.328 e. The number of imidazole rings is 1. The highest BCUT2D eigenvalue weighted by atomic mass is 35.5. The fourth-order valence-corrected chi connectivity index (χ4v) is 2.44. The summed E-state index contributed by atoms with van der Waals surface area (Å²) < 4.78 is 3.23. The number of hydrogen-bond donors (Lipinski definition) is 2. The minimum Gasteiger partial charge on any atom is -0.390 e. The molecular weight excluding hydrogens is 292 g/mol. The molecule has 1 aromatic heterocycles. The minimum atomic E-state index is -0.614. The Hall–Kier alpha value is -1.66. The van der Waals surface area contributed by atoms with Crippen molar-refractivity contribution in [1.29, 1.82) is 0 Å². The molecule has 21 heavy (non-hydrogen) atoms. The topological polar surface area (TPSA) is 62.4 Å². The van der Waals surface area contributed by atoms with Crippen molar-refractivity contribution in [3.63, 3.8) is 0 Å². The van der Waals surface area contributed by atoms with Gasteiger partial charge < -0.3 is 15.3 Å². The second-order valence-corrected chi connectivity index (χ2v) is 5.65. The Morgan fingerprint density at radius 3 is 2.38 bits per heavy atom. The number of alkyl halides is 1. The maximum atomic E-state index is 12.0. The summed E-state index contributed by atoms with van der Waals surface area (Å²) in [6, 6.07) is 3.89. The smallest absolute Gasteiger partial charge is 0.328 e. The van der Waals surface area contributed by atoms with Crippen LogP contribution in [-0.4, -0.2) is 46.9 Å². The number of halogens is 1. The highest BCUT2D eigenvalue weighted by molar-refractivity contribution is 6.18. The first-order chi connectivity index (χ1) is 9.86. The maximum absolute atomic E-state index is 12.0. The summed E-state index contributed by atoms with van der Waals surface area (Å²) in [5.41, 5.74) is 3.46. The third-order valence-electron chi connectivity index (χ3n) is 3.58. The lowest BCUT2D eigenvalue weighted by Gasteiger charge is -2.20. The largest absolute Gasteiger partial charge is 0.390 e. The molecule has 0 saturated carbocycles. The second kappa shape index (κ2) is 5.99. The molecule has 7 heteroatoms. The van der Waals surface area contributed by atoms with Gasteiger partial charge >= 0.3 is 5.69 Å². The van der Waals surface area contributed by atoms with E-state index in [4.69, 9.17) is 11.6 Å². The van der Waals surface area contributed by atoms with Gasteiger partial charge in [0.1, 0.15) is 0 Å². The van der Waals surface area contributed by atoms with E-state index in [-0.39, 0.29) is 11.6 Å². The molecule has 1 atom stereocenters. The van der Waals surface area contributed by atoms with E-state index in [9.17, 15) is 9.90 Å². The van der Waals surface area contributed by atoms with Gasteiger partial charge in [0.25, 0.3) is 0 Å². The van der Waals surface area contributed by atoms with Crippen molar-refractivity contribution in [3.05, 3.63) is 22.6 Å². The molecule has 0 fully saturated rings. The van der Waals surface area contributed by atoms with Crippen LogP contribution in [0.2, 0.25) is 0 Å². The van der Waals surface area contributed by atoms with Crippen LogP contribution < -0.4 is 15.9 Å². The van der Waals surface area contributed by atoms with Crippen LogP contribution in [0.5, 0.6) is 0 Å². The molecular formula is C14H21ClN4O2. The summed E-state index contributed by atoms with van der Waals surface area (Å²) in [5, 5.41) is 12.8. The summed E-state index contributed by atoms with van der Waals surface area (Å²) in [5.74, 6) is 0.177. The molecule has 1 aromatic carbocycles. The highest BCUT2D eigenvalue weighted by Gasteiger charge is 2.14. The normalized spacial score (nSPS) is 12.7. The van der Waals surface area contributed by atoms with Crippen LogP contribution in [0.15, 0.2) is 16.9 Å². The van der Waals surface area contributed by atoms with Crippen molar-refractivity contribution < 1.29 is 5.11 Å². The van der Waals surface area contributed by atoms with Gasteiger partial charge in [0.2, 0.25) is 0 Å². The summed E-state index contributed by atoms with van der Waals surface area (Å²) >= 11 is 5.62. The number of nitrogens with zero attached hydrogens (tertiary/aromatic N) is 3. The van der Waals surface area contributed by atoms with Crippen molar-refractivity contribution in [2.45, 2.75) is 6.10 Å². The summed E-state index contributed by atoms with van der Waals surface area (Å²) in [4.78, 5) is 14.0. The first-order valence-electron chi connectivity index (χ1n) is 6.71. The molecule has 116 valence electrons. The Labute approximate surface area is 128 Å². The molecule has 0 radical (unpaired) electrons. The van der Waals surface area contributed by atoms with E-state index in [0.717, 1.165) is 22.4 Å². The van der Waals surface area contributed by atoms with Crippen molar-refractivity contribution >= 4 is 34.0 Å². The fourth-order valence-electron chi connectivity index (χ4n) is 2.33. The first-order valence-corrected chi connectivity index (χ1v) is 7.25. The van der Waals surface area contributed by atoms with Gasteiger partial charge in [-0.1, -0.05) is 0 Å². The summed E-state index contributed by atoms with van der Waals surface area (Å²) in [7, 11) is 7.38. The molecule has 0 saturated heterocycles. The van der Waals surface area contributed by atoms with Gasteiger partial charge in [-0.05, 0) is 12.1 Å². The van der Waals surface area contributed by atoms with E-state index in [1.165, 1.54) is 0 Å². The van der Waals surface area contributed by atoms with Gasteiger partial charge in [-0.3, -0.25) is 9.13 Å². The Kier molecular flexibility index (Phi) is 4.49. The molecule has 1 heterocycles. The number of aromatic nitrogens is 2. The minimum absolute atomic E-state index is 0.0624. The lowest BCUT2D eigenvalue weighted by Crippen LogP contribution is -2.22. The lowest BCUT2D eigenvalue weighted by atomic mass is 10.2. The van der Waals surface area contributed by atoms with Crippen LogP contribution in [0.3, 0.4) is 0 Å². The molecule has 2 rings (SSSR count). The van der Waals surface area contributed by atoms with Gasteiger partial charge in [-0.25, -0.2) is 4.79 Å². The van der Waals surface area contributed by atoms with Crippen LogP contribution in [0, 0.1) is 0 Å². The van der Waals surface area contributed by atoms with Gasteiger partial charge in [0.15, 0.2) is 0 Å². The van der Waals surface area contributed by atoms with Crippen LogP contribution >= 0.6 is 11.6 Å². The predicted molar refractivity (Wildman–Crippen MR) is 87.7 cm³/mol. The lowest BCUT2D eigenvalue weighted by molar-refractivity contribution is 0.211. The van der Waals surface area contributed by atoms with Crippen LogP contribution in [0.25, 0.3) is 11.0 Å². The number of rotatable bonds is 5. The molecule has 0 aliphatic heterocycles. The zero-order valence-electron chi connectivity index (χ0n) is 12.7. The van der Waals surface area contributed by atoms with E-state index >= 15 is 0 Å². The molecule has 0 aliphatic rings. The van der Waals surface area contributed by atoms with E-state index in [2.05, 4.69) is 5.32 Å². The molecule has 0 bridgehead atoms. The predicted octanol–water partition coefficient (Wildman–Crippen LogP) is 0.955. The van der Waals surface area contributed by atoms with Gasteiger partial charge in [-0.15, -0.1) is 11.6 Å². The standard InChI is InChI=1S/C14H21ClN4O2/c1-17(2)11-6-13-12(18(3)14(21)19(13)4)5-10(11)16-8-9(20)7-15/h5-6,9,16,20H,7-8H2,1-4H3. The van der Waals surface area contributed by atoms with E-state index in [1.807, 2.05) is 31.1 Å². The monoisotopic (exact) mass is 312 g/mol. The number of nitrogens with one attached hydrogen (secondary N) is 1. The molecule has 0 spiro atoms. The first kappa shape index (κ1) is 15.7. The Morgan fingerprint density at radius 2 is 1.86 bits per heavy atom. The van der Waals surface area contributed by atoms with Crippen LogP contribution in [0.4, 0.5) is 11.4 Å². The molecule has 1 unspecified atom stereocenters. The summed E-state index contributed by atoms with van der Waals surface area (Å²) in [6.45, 7) is 0.358. The SMILES string of the molecule is CN(C)c1cc2c(cc1NCC(O)CCl)n(C)c(=O)n2C. The second-order valence-electron chi connectivity index (χ2n) is 5.34. The zero-order chi connectivity index (χ0) is 15.7. The number of aliphatic hydroxyl groups is 1. The molecule has 0 amide bonds. The number of aliphatic hydroxyl groups excluding tert-OH is 1. The van der Waals surface area contributed by atoms with Crippen LogP contribution in [0.1, 0.15) is 0 Å². The van der Waals surface area contributed by atoms with Crippen molar-refractivity contribution in [2.75, 3.05) is 36.7 Å². The fraction of sp³-hybridized carbons (Fsp3) is 0.500. The van der Waals surface area contributed by atoms with Crippen LogP contribution in [-0.2, 0) is 14.1 Å². The van der Waals surface area contributed by atoms with Gasteiger partial charge in [0, 0.05) is 34.7 Å². The van der Waals surface area contributed by atoms with Crippen molar-refractivity contribution in [1.82, 2.24) is 9.13 Å². The third kappa shape index (κ3) is 2.87. The van der Waals surface area contributed by atoms with Crippen molar-refractivity contribution in [3.8, 4) is 0 Å². The molecule has 2 aromatic rings. The summed E-state index contributed by atoms with van der Waals surface area (Å²) in [6.07, 6.45) is -0.614. The van der Waals surface area contributed by atoms with Crippen molar-refractivity contribution in [2.24, 2.45) is 14.1 Å². The molecule has 6 nitrogen and oxygen atoms in total. The Morgan fingerprint density at radius 1 is 1.29 bits per heavy atom. The average molecular weight is 313 g/mol. The van der Waals surface area contributed by atoms with E-state index in [0.29, 0.717) is 6.54 Å². The molecule has 0 aliphatic carbocycles. The number of hydrogen-bond acceptors (Lipinski definition) is 4. The van der Waals surface area contributed by atoms with Gasteiger partial charge in [0.05, 0.1) is 34.4 Å². The number of fused-ring (bicyclic) bond motifs is 1. The molecule has 2 N–H and O–H groups in total. The zero-order valence-corrected chi connectivity index (χ0v) is 13.5. The average Bonchev–Trinajstić information content (AvgIpc) is 2.68. The highest BCUT2D eigenvalue weighted by Crippen LogP contribution is 2.29. The Bertz CT molecular complexity index is 705. The number of aryl methyl sites for hydroxylation is 2.